The molecule has 0 radical (unpaired) electrons. The van der Waals surface area contributed by atoms with E-state index in [-0.39, 0.29) is 12.5 Å². The molecule has 1 atom stereocenters. The summed E-state index contributed by atoms with van der Waals surface area (Å²) in [6.45, 7) is 0. The van der Waals surface area contributed by atoms with Crippen LogP contribution in [0.15, 0.2) is 24.3 Å². The van der Waals surface area contributed by atoms with Crippen LogP contribution in [0.2, 0.25) is 5.02 Å². The highest BCUT2D eigenvalue weighted by Gasteiger charge is 2.12. The summed E-state index contributed by atoms with van der Waals surface area (Å²) < 4.78 is 0. The van der Waals surface area contributed by atoms with E-state index in [1.165, 1.54) is 0 Å². The highest BCUT2D eigenvalue weighted by Crippen LogP contribution is 2.17. The summed E-state index contributed by atoms with van der Waals surface area (Å²) in [5.41, 5.74) is 0.902. The van der Waals surface area contributed by atoms with Gasteiger partial charge in [-0.15, -0.1) is 0 Å². The van der Waals surface area contributed by atoms with Crippen LogP contribution in [0.4, 0.5) is 0 Å². The van der Waals surface area contributed by atoms with Crippen molar-refractivity contribution >= 4 is 24.0 Å². The van der Waals surface area contributed by atoms with Gasteiger partial charge in [0.1, 0.15) is 0 Å². The SMILES string of the molecule is O=CNC(CCC(=O)O)Cc1ccccc1Cl. The van der Waals surface area contributed by atoms with Gasteiger partial charge in [-0.3, -0.25) is 9.59 Å². The van der Waals surface area contributed by atoms with Crippen molar-refractivity contribution < 1.29 is 14.7 Å². The van der Waals surface area contributed by atoms with E-state index >= 15 is 0 Å². The Bertz CT molecular complexity index is 395. The fourth-order valence-corrected chi connectivity index (χ4v) is 1.78. The molecule has 0 aliphatic rings. The monoisotopic (exact) mass is 255 g/mol. The smallest absolute Gasteiger partial charge is 0.303 e. The molecule has 1 unspecified atom stereocenters. The number of halogens is 1. The molecule has 92 valence electrons. The quantitative estimate of drug-likeness (QED) is 0.731. The van der Waals surface area contributed by atoms with Crippen LogP contribution in [0.5, 0.6) is 0 Å². The molecule has 0 aromatic heterocycles. The maximum Gasteiger partial charge on any atom is 0.303 e. The zero-order valence-electron chi connectivity index (χ0n) is 9.23. The van der Waals surface area contributed by atoms with Gasteiger partial charge in [0, 0.05) is 17.5 Å². The summed E-state index contributed by atoms with van der Waals surface area (Å²) in [4.78, 5) is 20.9. The number of hydrogen-bond acceptors (Lipinski definition) is 2. The van der Waals surface area contributed by atoms with Crippen LogP contribution in [-0.4, -0.2) is 23.5 Å². The molecular weight excluding hydrogens is 242 g/mol. The molecule has 17 heavy (non-hydrogen) atoms. The van der Waals surface area contributed by atoms with E-state index in [0.717, 1.165) is 5.56 Å². The first kappa shape index (κ1) is 13.5. The van der Waals surface area contributed by atoms with Crippen molar-refractivity contribution in [2.45, 2.75) is 25.3 Å². The molecule has 0 aliphatic heterocycles. The molecule has 1 amide bonds. The van der Waals surface area contributed by atoms with Gasteiger partial charge in [0.25, 0.3) is 0 Å². The molecule has 4 nitrogen and oxygen atoms in total. The molecule has 0 saturated carbocycles. The summed E-state index contributed by atoms with van der Waals surface area (Å²) in [7, 11) is 0. The Morgan fingerprint density at radius 1 is 1.47 bits per heavy atom. The number of carbonyl (C=O) groups is 2. The van der Waals surface area contributed by atoms with Gasteiger partial charge in [0.2, 0.25) is 6.41 Å². The lowest BCUT2D eigenvalue weighted by Gasteiger charge is -2.15. The Hall–Kier alpha value is -1.55. The number of aliphatic carboxylic acids is 1. The molecule has 0 saturated heterocycles. The Morgan fingerprint density at radius 3 is 2.76 bits per heavy atom. The third-order valence-electron chi connectivity index (χ3n) is 2.43. The highest BCUT2D eigenvalue weighted by molar-refractivity contribution is 6.31. The Morgan fingerprint density at radius 2 is 2.18 bits per heavy atom. The van der Waals surface area contributed by atoms with Crippen molar-refractivity contribution in [3.05, 3.63) is 34.9 Å². The molecule has 0 fully saturated rings. The summed E-state index contributed by atoms with van der Waals surface area (Å²) in [6.07, 6.45) is 1.53. The number of hydrogen-bond donors (Lipinski definition) is 2. The minimum atomic E-state index is -0.873. The molecule has 0 aliphatic carbocycles. The number of rotatable bonds is 7. The predicted octanol–water partition coefficient (Wildman–Crippen LogP) is 1.86. The molecule has 0 spiro atoms. The van der Waals surface area contributed by atoms with Crippen molar-refractivity contribution in [2.24, 2.45) is 0 Å². The number of carboxylic acids is 1. The van der Waals surface area contributed by atoms with Gasteiger partial charge >= 0.3 is 5.97 Å². The second-order valence-electron chi connectivity index (χ2n) is 3.71. The standard InChI is InChI=1S/C12H14ClNO3/c13-11-4-2-1-3-9(11)7-10(14-8-15)5-6-12(16)17/h1-4,8,10H,5-7H2,(H,14,15)(H,16,17). The van der Waals surface area contributed by atoms with Crippen LogP contribution in [0.3, 0.4) is 0 Å². The second kappa shape index (κ2) is 6.91. The van der Waals surface area contributed by atoms with Gasteiger partial charge < -0.3 is 10.4 Å². The number of nitrogens with one attached hydrogen (secondary N) is 1. The minimum Gasteiger partial charge on any atom is -0.481 e. The fourth-order valence-electron chi connectivity index (χ4n) is 1.57. The van der Waals surface area contributed by atoms with Crippen molar-refractivity contribution in [2.75, 3.05) is 0 Å². The number of carbonyl (C=O) groups excluding carboxylic acids is 1. The third kappa shape index (κ3) is 4.87. The van der Waals surface area contributed by atoms with E-state index in [1.54, 1.807) is 6.07 Å². The van der Waals surface area contributed by atoms with Crippen molar-refractivity contribution in [1.29, 1.82) is 0 Å². The van der Waals surface area contributed by atoms with Gasteiger partial charge in [-0.05, 0) is 24.5 Å². The Kier molecular flexibility index (Phi) is 5.49. The van der Waals surface area contributed by atoms with Crippen LogP contribution in [-0.2, 0) is 16.0 Å². The average molecular weight is 256 g/mol. The molecule has 1 aromatic carbocycles. The molecule has 5 heteroatoms. The summed E-state index contributed by atoms with van der Waals surface area (Å²) in [5.74, 6) is -0.873. The average Bonchev–Trinajstić information content (AvgIpc) is 2.29. The van der Waals surface area contributed by atoms with Gasteiger partial charge in [0.05, 0.1) is 0 Å². The Labute approximate surface area is 105 Å². The van der Waals surface area contributed by atoms with Crippen LogP contribution in [0.25, 0.3) is 0 Å². The van der Waals surface area contributed by atoms with E-state index in [9.17, 15) is 9.59 Å². The first-order valence-corrected chi connectivity index (χ1v) is 5.66. The normalized spacial score (nSPS) is 11.8. The fraction of sp³-hybridized carbons (Fsp3) is 0.333. The van der Waals surface area contributed by atoms with Crippen LogP contribution < -0.4 is 5.32 Å². The topological polar surface area (TPSA) is 66.4 Å². The van der Waals surface area contributed by atoms with Crippen molar-refractivity contribution in [3.63, 3.8) is 0 Å². The third-order valence-corrected chi connectivity index (χ3v) is 2.80. The molecular formula is C12H14ClNO3. The largest absolute Gasteiger partial charge is 0.481 e. The summed E-state index contributed by atoms with van der Waals surface area (Å²) in [5, 5.41) is 11.8. The molecule has 0 bridgehead atoms. The maximum atomic E-state index is 10.5. The predicted molar refractivity (Wildman–Crippen MR) is 65.0 cm³/mol. The van der Waals surface area contributed by atoms with Crippen LogP contribution in [0.1, 0.15) is 18.4 Å². The van der Waals surface area contributed by atoms with Gasteiger partial charge in [-0.25, -0.2) is 0 Å². The minimum absolute atomic E-state index is 0.0238. The Balaban J connectivity index is 2.62. The van der Waals surface area contributed by atoms with Crippen molar-refractivity contribution in [3.8, 4) is 0 Å². The lowest BCUT2D eigenvalue weighted by molar-refractivity contribution is -0.137. The lowest BCUT2D eigenvalue weighted by atomic mass is 10.0. The van der Waals surface area contributed by atoms with Crippen LogP contribution in [0, 0.1) is 0 Å². The van der Waals surface area contributed by atoms with Gasteiger partial charge in [0.15, 0.2) is 0 Å². The zero-order valence-corrected chi connectivity index (χ0v) is 9.98. The van der Waals surface area contributed by atoms with E-state index in [0.29, 0.717) is 24.3 Å². The highest BCUT2D eigenvalue weighted by atomic mass is 35.5. The number of amides is 1. The van der Waals surface area contributed by atoms with E-state index in [4.69, 9.17) is 16.7 Å². The summed E-state index contributed by atoms with van der Waals surface area (Å²) >= 11 is 6.00. The number of benzene rings is 1. The van der Waals surface area contributed by atoms with Crippen LogP contribution >= 0.6 is 11.6 Å². The molecule has 1 rings (SSSR count). The molecule has 2 N–H and O–H groups in total. The van der Waals surface area contributed by atoms with E-state index in [2.05, 4.69) is 5.32 Å². The van der Waals surface area contributed by atoms with Gasteiger partial charge in [-0.1, -0.05) is 29.8 Å². The lowest BCUT2D eigenvalue weighted by Crippen LogP contribution is -2.30. The molecule has 0 heterocycles. The first-order chi connectivity index (χ1) is 8.13. The first-order valence-electron chi connectivity index (χ1n) is 5.28. The summed E-state index contributed by atoms with van der Waals surface area (Å²) in [6, 6.07) is 7.11. The zero-order chi connectivity index (χ0) is 12.7. The second-order valence-corrected chi connectivity index (χ2v) is 4.12. The van der Waals surface area contributed by atoms with E-state index in [1.807, 2.05) is 18.2 Å². The van der Waals surface area contributed by atoms with Crippen molar-refractivity contribution in [1.82, 2.24) is 5.32 Å². The van der Waals surface area contributed by atoms with Gasteiger partial charge in [-0.2, -0.15) is 0 Å². The maximum absolute atomic E-state index is 10.5. The van der Waals surface area contributed by atoms with E-state index < -0.39 is 5.97 Å². The number of carboxylic acid groups (broad SMARTS) is 1. The molecule has 1 aromatic rings.